The van der Waals surface area contributed by atoms with Crippen LogP contribution in [-0.2, 0) is 25.7 Å². The smallest absolute Gasteiger partial charge is 0.104 e. The summed E-state index contributed by atoms with van der Waals surface area (Å²) in [6, 6.07) is 4.58. The Bertz CT molecular complexity index is 798. The van der Waals surface area contributed by atoms with Crippen LogP contribution in [0.1, 0.15) is 22.3 Å². The molecule has 0 atom stereocenters. The van der Waals surface area contributed by atoms with Crippen molar-refractivity contribution in [2.45, 2.75) is 25.7 Å². The van der Waals surface area contributed by atoms with Gasteiger partial charge in [0.15, 0.2) is 0 Å². The van der Waals surface area contributed by atoms with Gasteiger partial charge in [0.1, 0.15) is 20.0 Å². The molecule has 0 fully saturated rings. The van der Waals surface area contributed by atoms with E-state index in [0.717, 1.165) is 20.0 Å². The molecule has 0 saturated carbocycles. The van der Waals surface area contributed by atoms with Crippen molar-refractivity contribution < 1.29 is 0 Å². The van der Waals surface area contributed by atoms with E-state index >= 15 is 0 Å². The molecule has 0 N–H and O–H groups in total. The summed E-state index contributed by atoms with van der Waals surface area (Å²) in [4.78, 5) is 3.52. The quantitative estimate of drug-likeness (QED) is 0.119. The first kappa shape index (κ1) is 37.6. The number of thiocarbonyl (C=S) groups is 4. The highest BCUT2D eigenvalue weighted by atomic mass is 32.2. The molecule has 0 aliphatic carbocycles. The molecule has 0 aliphatic heterocycles. The lowest BCUT2D eigenvalue weighted by molar-refractivity contribution is 1.03. The SMILES string of the molecule is CSN(SC)C(=S)Cc1cc(CC(=S)N(SC)SC)c(CC(=S)N(SC)SC)cc1CC(=S)N(SC)SC. The molecule has 0 unspecified atom stereocenters. The third-order valence-electron chi connectivity index (χ3n) is 5.03. The van der Waals surface area contributed by atoms with Gasteiger partial charge in [-0.3, -0.25) is 14.8 Å². The fourth-order valence-electron chi connectivity index (χ4n) is 3.47. The predicted octanol–water partition coefficient (Wildman–Crippen LogP) is 8.60. The molecule has 0 aliphatic rings. The van der Waals surface area contributed by atoms with Crippen LogP contribution in [0.4, 0.5) is 0 Å². The van der Waals surface area contributed by atoms with E-state index in [-0.39, 0.29) is 0 Å². The maximum atomic E-state index is 5.86. The molecular formula is C22H34N4S12. The van der Waals surface area contributed by atoms with Crippen LogP contribution in [0.5, 0.6) is 0 Å². The molecule has 0 amide bonds. The van der Waals surface area contributed by atoms with E-state index in [2.05, 4.69) is 27.0 Å². The summed E-state index contributed by atoms with van der Waals surface area (Å²) in [6.07, 6.45) is 19.0. The van der Waals surface area contributed by atoms with Crippen LogP contribution in [0.25, 0.3) is 0 Å². The van der Waals surface area contributed by atoms with E-state index in [0.29, 0.717) is 25.7 Å². The second-order valence-electron chi connectivity index (χ2n) is 7.16. The van der Waals surface area contributed by atoms with Crippen LogP contribution in [0.3, 0.4) is 0 Å². The zero-order valence-electron chi connectivity index (χ0n) is 22.7. The zero-order valence-corrected chi connectivity index (χ0v) is 32.5. The predicted molar refractivity (Wildman–Crippen MR) is 207 cm³/mol. The van der Waals surface area contributed by atoms with Crippen LogP contribution < -0.4 is 0 Å². The Morgan fingerprint density at radius 3 is 0.711 bits per heavy atom. The minimum Gasteiger partial charge on any atom is -0.252 e. The lowest BCUT2D eigenvalue weighted by atomic mass is 9.91. The largest absolute Gasteiger partial charge is 0.252 e. The van der Waals surface area contributed by atoms with Crippen LogP contribution in [0.2, 0.25) is 0 Å². The standard InChI is InChI=1S/C22H34N4S12/c1-31-23(32-2)19(27)11-15-9-17(13-21(29)25(35-5)36-6)18(14-22(30)26(37-7)38-8)10-16(15)12-20(28)24(33-3)34-4/h9-10H,11-14H2,1-8H3. The molecule has 0 bridgehead atoms. The van der Waals surface area contributed by atoms with Crippen molar-refractivity contribution >= 4 is 164 Å². The number of nitrogens with zero attached hydrogens (tertiary/aromatic N) is 4. The van der Waals surface area contributed by atoms with Gasteiger partial charge in [0.05, 0.1) is 0 Å². The molecule has 0 heterocycles. The van der Waals surface area contributed by atoms with Crippen molar-refractivity contribution in [2.24, 2.45) is 0 Å². The highest BCUT2D eigenvalue weighted by Gasteiger charge is 2.21. The minimum absolute atomic E-state index is 0.661. The van der Waals surface area contributed by atoms with Gasteiger partial charge in [-0.1, -0.05) is 61.0 Å². The van der Waals surface area contributed by atoms with E-state index in [9.17, 15) is 0 Å². The van der Waals surface area contributed by atoms with Crippen LogP contribution >= 0.6 is 144 Å². The molecule has 16 heteroatoms. The molecule has 1 rings (SSSR count). The molecule has 0 spiro atoms. The monoisotopic (exact) mass is 738 g/mol. The maximum Gasteiger partial charge on any atom is 0.104 e. The lowest BCUT2D eigenvalue weighted by Crippen LogP contribution is -2.23. The fraction of sp³-hybridized carbons (Fsp3) is 0.545. The summed E-state index contributed by atoms with van der Waals surface area (Å²) in [5.41, 5.74) is 4.75. The summed E-state index contributed by atoms with van der Waals surface area (Å²) >= 11 is 36.5. The minimum atomic E-state index is 0.661. The molecule has 0 saturated heterocycles. The van der Waals surface area contributed by atoms with Gasteiger partial charge in [-0.2, -0.15) is 0 Å². The Balaban J connectivity index is 3.68. The lowest BCUT2D eigenvalue weighted by Gasteiger charge is -2.25. The number of hydrogen-bond donors (Lipinski definition) is 0. The number of rotatable bonds is 16. The first-order valence-corrected chi connectivity index (χ1v) is 22.0. The number of benzene rings is 1. The van der Waals surface area contributed by atoms with Gasteiger partial charge in [0.25, 0.3) is 0 Å². The van der Waals surface area contributed by atoms with Crippen LogP contribution in [-0.4, -0.2) is 84.8 Å². The molecule has 4 nitrogen and oxygen atoms in total. The molecule has 0 radical (unpaired) electrons. The van der Waals surface area contributed by atoms with Gasteiger partial charge < -0.3 is 0 Å². The first-order valence-electron chi connectivity index (χ1n) is 10.9. The van der Waals surface area contributed by atoms with Crippen LogP contribution in [0.15, 0.2) is 12.1 Å². The molecular weight excluding hydrogens is 705 g/mol. The Labute approximate surface area is 286 Å². The molecule has 0 aromatic heterocycles. The van der Waals surface area contributed by atoms with E-state index in [1.807, 2.05) is 50.0 Å². The topological polar surface area (TPSA) is 13.0 Å². The van der Waals surface area contributed by atoms with Crippen molar-refractivity contribution in [3.05, 3.63) is 34.4 Å². The van der Waals surface area contributed by atoms with Gasteiger partial charge >= 0.3 is 0 Å². The Morgan fingerprint density at radius 1 is 0.421 bits per heavy atom. The second-order valence-corrected chi connectivity index (χ2v) is 15.8. The third kappa shape index (κ3) is 11.7. The van der Waals surface area contributed by atoms with Crippen molar-refractivity contribution in [2.75, 3.05) is 50.0 Å². The van der Waals surface area contributed by atoms with Crippen LogP contribution in [0, 0.1) is 0 Å². The average Bonchev–Trinajstić information content (AvgIpc) is 2.89. The van der Waals surface area contributed by atoms with Crippen molar-refractivity contribution in [1.29, 1.82) is 0 Å². The summed E-state index contributed by atoms with van der Waals surface area (Å²) in [5.74, 6) is 0. The van der Waals surface area contributed by atoms with E-state index < -0.39 is 0 Å². The third-order valence-corrected chi connectivity index (χ3v) is 15.3. The zero-order chi connectivity index (χ0) is 28.8. The molecule has 1 aromatic rings. The van der Waals surface area contributed by atoms with Gasteiger partial charge in [-0.05, 0) is 118 Å². The fourth-order valence-corrected chi connectivity index (χ4v) is 10.4. The number of hydrogen-bond acceptors (Lipinski definition) is 12. The van der Waals surface area contributed by atoms with Gasteiger partial charge in [0.2, 0.25) is 0 Å². The maximum absolute atomic E-state index is 5.86. The summed E-state index contributed by atoms with van der Waals surface area (Å²) < 4.78 is 8.33. The molecule has 38 heavy (non-hydrogen) atoms. The van der Waals surface area contributed by atoms with Crippen molar-refractivity contribution in [3.63, 3.8) is 0 Å². The average molecular weight is 739 g/mol. The van der Waals surface area contributed by atoms with Gasteiger partial charge in [-0.25, -0.2) is 0 Å². The highest BCUT2D eigenvalue weighted by Crippen LogP contribution is 2.30. The first-order chi connectivity index (χ1) is 18.1. The van der Waals surface area contributed by atoms with E-state index in [4.69, 9.17) is 48.9 Å². The van der Waals surface area contributed by atoms with Gasteiger partial charge in [0, 0.05) is 75.7 Å². The Kier molecular flexibility index (Phi) is 20.3. The van der Waals surface area contributed by atoms with E-state index in [1.165, 1.54) is 22.3 Å². The molecule has 1 aromatic carbocycles. The second kappa shape index (κ2) is 20.5. The molecule has 214 valence electrons. The van der Waals surface area contributed by atoms with Gasteiger partial charge in [-0.15, -0.1) is 0 Å². The summed E-state index contributed by atoms with van der Waals surface area (Å²) in [5, 5.41) is 0. The summed E-state index contributed by atoms with van der Waals surface area (Å²) in [6.45, 7) is 0. The van der Waals surface area contributed by atoms with Crippen molar-refractivity contribution in [1.82, 2.24) is 14.8 Å². The van der Waals surface area contributed by atoms with E-state index in [1.54, 1.807) is 95.6 Å². The Morgan fingerprint density at radius 2 is 0.579 bits per heavy atom. The highest BCUT2D eigenvalue weighted by molar-refractivity contribution is 8.14. The Hall–Kier alpha value is 1.58. The van der Waals surface area contributed by atoms with Crippen molar-refractivity contribution in [3.8, 4) is 0 Å². The summed E-state index contributed by atoms with van der Waals surface area (Å²) in [7, 11) is 0. The normalized spacial score (nSPS) is 10.7.